The van der Waals surface area contributed by atoms with Crippen LogP contribution in [0.2, 0.25) is 5.02 Å². The summed E-state index contributed by atoms with van der Waals surface area (Å²) in [6.07, 6.45) is 7.72. The summed E-state index contributed by atoms with van der Waals surface area (Å²) in [5.74, 6) is -0.346. The summed E-state index contributed by atoms with van der Waals surface area (Å²) in [6, 6.07) is 12.7. The highest BCUT2D eigenvalue weighted by atomic mass is 35.5. The van der Waals surface area contributed by atoms with Gasteiger partial charge < -0.3 is 16.1 Å². The van der Waals surface area contributed by atoms with Gasteiger partial charge in [-0.25, -0.2) is 4.39 Å². The van der Waals surface area contributed by atoms with E-state index in [1.54, 1.807) is 24.4 Å². The number of nitrogens with one attached hydrogen (secondary N) is 4. The van der Waals surface area contributed by atoms with Crippen LogP contribution in [0.3, 0.4) is 0 Å². The second-order valence-electron chi connectivity index (χ2n) is 11.3. The van der Waals surface area contributed by atoms with E-state index >= 15 is 0 Å². The van der Waals surface area contributed by atoms with Gasteiger partial charge in [-0.15, -0.1) is 5.53 Å². The predicted molar refractivity (Wildman–Crippen MR) is 149 cm³/mol. The molecule has 2 heterocycles. The summed E-state index contributed by atoms with van der Waals surface area (Å²) in [5, 5.41) is 20.0. The summed E-state index contributed by atoms with van der Waals surface area (Å²) >= 11 is 6.73. The molecule has 2 aromatic carbocycles. The lowest BCUT2D eigenvalue weighted by atomic mass is 9.68. The van der Waals surface area contributed by atoms with E-state index in [4.69, 9.17) is 19.4 Å². The molecule has 0 saturated heterocycles. The van der Waals surface area contributed by atoms with Gasteiger partial charge in [0.2, 0.25) is 0 Å². The summed E-state index contributed by atoms with van der Waals surface area (Å²) in [7, 11) is 7.06. The SMILES string of the molecule is [B]C(Nc1cc(Cl)c2ncc(C#N)c(NC3CC(C)(C)C3)c2c1)(C1=CN(C2CC2)NN1)c1ccc(F)cc1. The smallest absolute Gasteiger partial charge is 0.123 e. The van der Waals surface area contributed by atoms with E-state index in [0.717, 1.165) is 31.1 Å². The van der Waals surface area contributed by atoms with E-state index < -0.39 is 5.44 Å². The van der Waals surface area contributed by atoms with E-state index in [1.807, 2.05) is 17.3 Å². The highest BCUT2D eigenvalue weighted by Crippen LogP contribution is 2.43. The van der Waals surface area contributed by atoms with Crippen molar-refractivity contribution in [2.45, 2.75) is 57.1 Å². The standard InChI is InChI=1S/C28H28BClFN7/c1-27(2)11-20(12-27)34-25-16(13-32)14-33-26-22(25)9-19(10-23(26)30)35-28(29,17-3-5-18(31)6-4-17)24-15-38(37-36-24)21-7-8-21/h3-6,9-10,14-15,20-21,35-37H,7-8,11-12H2,1-2H3,(H,33,34). The van der Waals surface area contributed by atoms with Crippen molar-refractivity contribution >= 4 is 41.7 Å². The van der Waals surface area contributed by atoms with E-state index in [0.29, 0.717) is 44.8 Å². The Morgan fingerprint density at radius 2 is 1.97 bits per heavy atom. The molecule has 1 aromatic heterocycles. The van der Waals surface area contributed by atoms with Gasteiger partial charge in [0, 0.05) is 35.6 Å². The van der Waals surface area contributed by atoms with Crippen molar-refractivity contribution in [2.24, 2.45) is 5.41 Å². The zero-order valence-electron chi connectivity index (χ0n) is 21.3. The first kappa shape index (κ1) is 24.8. The first-order valence-electron chi connectivity index (χ1n) is 12.8. The van der Waals surface area contributed by atoms with Crippen LogP contribution in [0.5, 0.6) is 0 Å². The third-order valence-electron chi connectivity index (χ3n) is 7.59. The van der Waals surface area contributed by atoms with E-state index in [2.05, 4.69) is 46.5 Å². The number of nitrogens with zero attached hydrogens (tertiary/aromatic N) is 3. The molecular weight excluding hydrogens is 500 g/mol. The normalized spacial score (nSPS) is 20.2. The monoisotopic (exact) mass is 527 g/mol. The van der Waals surface area contributed by atoms with Crippen LogP contribution >= 0.6 is 11.6 Å². The van der Waals surface area contributed by atoms with Crippen LogP contribution in [0.4, 0.5) is 15.8 Å². The molecule has 3 aliphatic rings. The molecule has 2 radical (unpaired) electrons. The highest BCUT2D eigenvalue weighted by Gasteiger charge is 2.38. The Labute approximate surface area is 227 Å². The number of hydrogen-bond donors (Lipinski definition) is 4. The Morgan fingerprint density at radius 1 is 1.24 bits per heavy atom. The molecule has 4 N–H and O–H groups in total. The molecule has 192 valence electrons. The summed E-state index contributed by atoms with van der Waals surface area (Å²) in [5.41, 5.74) is 9.12. The molecule has 0 amide bonds. The predicted octanol–water partition coefficient (Wildman–Crippen LogP) is 5.26. The van der Waals surface area contributed by atoms with Crippen molar-refractivity contribution in [3.63, 3.8) is 0 Å². The van der Waals surface area contributed by atoms with Gasteiger partial charge in [0.1, 0.15) is 19.7 Å². The van der Waals surface area contributed by atoms with Crippen molar-refractivity contribution < 1.29 is 4.39 Å². The first-order chi connectivity index (χ1) is 18.1. The molecule has 1 aliphatic heterocycles. The average Bonchev–Trinajstić information content (AvgIpc) is 3.59. The molecule has 0 spiro atoms. The molecule has 38 heavy (non-hydrogen) atoms. The van der Waals surface area contributed by atoms with E-state index in [1.165, 1.54) is 12.1 Å². The van der Waals surface area contributed by atoms with Crippen LogP contribution in [0.1, 0.15) is 50.7 Å². The zero-order chi connectivity index (χ0) is 26.7. The Morgan fingerprint density at radius 3 is 2.63 bits per heavy atom. The Kier molecular flexibility index (Phi) is 5.93. The molecule has 7 nitrogen and oxygen atoms in total. The molecule has 2 saturated carbocycles. The number of pyridine rings is 1. The maximum Gasteiger partial charge on any atom is 0.123 e. The minimum absolute atomic E-state index is 0.262. The number of hydrogen-bond acceptors (Lipinski definition) is 7. The molecule has 1 atom stereocenters. The lowest BCUT2D eigenvalue weighted by Crippen LogP contribution is -2.45. The van der Waals surface area contributed by atoms with E-state index in [9.17, 15) is 9.65 Å². The van der Waals surface area contributed by atoms with Gasteiger partial charge in [-0.3, -0.25) is 9.99 Å². The topological polar surface area (TPSA) is 88.0 Å². The van der Waals surface area contributed by atoms with Crippen LogP contribution in [0, 0.1) is 22.6 Å². The molecular formula is C28H28BClFN7. The van der Waals surface area contributed by atoms with Crippen molar-refractivity contribution in [1.29, 1.82) is 5.26 Å². The van der Waals surface area contributed by atoms with Crippen LogP contribution in [-0.4, -0.2) is 29.9 Å². The largest absolute Gasteiger partial charge is 0.381 e. The zero-order valence-corrected chi connectivity index (χ0v) is 22.0. The van der Waals surface area contributed by atoms with Gasteiger partial charge in [0.25, 0.3) is 0 Å². The fourth-order valence-corrected chi connectivity index (χ4v) is 5.73. The van der Waals surface area contributed by atoms with Crippen LogP contribution in [0.25, 0.3) is 10.9 Å². The number of rotatable bonds is 7. The van der Waals surface area contributed by atoms with Crippen LogP contribution < -0.4 is 21.6 Å². The molecule has 10 heteroatoms. The number of benzene rings is 2. The first-order valence-corrected chi connectivity index (χ1v) is 13.2. The highest BCUT2D eigenvalue weighted by molar-refractivity contribution is 6.36. The van der Waals surface area contributed by atoms with Crippen LogP contribution in [0.15, 0.2) is 54.5 Å². The number of hydrazine groups is 2. The lowest BCUT2D eigenvalue weighted by molar-refractivity contribution is 0.167. The number of nitriles is 1. The average molecular weight is 528 g/mol. The quantitative estimate of drug-likeness (QED) is 0.312. The maximum absolute atomic E-state index is 13.8. The minimum atomic E-state index is -1.24. The molecule has 1 unspecified atom stereocenters. The van der Waals surface area contributed by atoms with Gasteiger partial charge in [0.15, 0.2) is 0 Å². The number of aromatic nitrogens is 1. The third kappa shape index (κ3) is 4.52. The van der Waals surface area contributed by atoms with Crippen molar-refractivity contribution in [3.05, 3.63) is 76.5 Å². The molecule has 3 aromatic rings. The van der Waals surface area contributed by atoms with Crippen molar-refractivity contribution in [1.82, 2.24) is 21.0 Å². The second-order valence-corrected chi connectivity index (χ2v) is 11.7. The number of anilines is 2. The summed E-state index contributed by atoms with van der Waals surface area (Å²) < 4.78 is 13.8. The number of halogens is 2. The fourth-order valence-electron chi connectivity index (χ4n) is 5.47. The summed E-state index contributed by atoms with van der Waals surface area (Å²) in [6.45, 7) is 4.47. The molecule has 0 bridgehead atoms. The Hall–Kier alpha value is -3.48. The third-order valence-corrected chi connectivity index (χ3v) is 7.87. The Balaban J connectivity index is 1.42. The lowest BCUT2D eigenvalue weighted by Gasteiger charge is -2.43. The number of fused-ring (bicyclic) bond motifs is 1. The van der Waals surface area contributed by atoms with Crippen molar-refractivity contribution in [2.75, 3.05) is 10.6 Å². The maximum atomic E-state index is 13.8. The van der Waals surface area contributed by atoms with Crippen molar-refractivity contribution in [3.8, 4) is 6.07 Å². The van der Waals surface area contributed by atoms with Gasteiger partial charge in [-0.05, 0) is 60.9 Å². The van der Waals surface area contributed by atoms with Gasteiger partial charge in [-0.2, -0.15) is 5.26 Å². The second kappa shape index (κ2) is 9.07. The molecule has 6 rings (SSSR count). The molecule has 2 aliphatic carbocycles. The van der Waals surface area contributed by atoms with Gasteiger partial charge in [-0.1, -0.05) is 37.6 Å². The van der Waals surface area contributed by atoms with Gasteiger partial charge in [0.05, 0.1) is 32.9 Å². The van der Waals surface area contributed by atoms with E-state index in [-0.39, 0.29) is 17.3 Å². The Bertz CT molecular complexity index is 1470. The fraction of sp³-hybridized carbons (Fsp3) is 0.357. The molecule has 2 fully saturated rings. The van der Waals surface area contributed by atoms with Crippen LogP contribution in [-0.2, 0) is 5.44 Å². The summed E-state index contributed by atoms with van der Waals surface area (Å²) in [4.78, 5) is 4.48. The van der Waals surface area contributed by atoms with Gasteiger partial charge >= 0.3 is 0 Å². The minimum Gasteiger partial charge on any atom is -0.381 e.